The number of nitrogens with one attached hydrogen (secondary N) is 1. The molecule has 0 radical (unpaired) electrons. The fourth-order valence-electron chi connectivity index (χ4n) is 2.04. The molecule has 120 valence electrons. The summed E-state index contributed by atoms with van der Waals surface area (Å²) >= 11 is 0. The number of methoxy groups -OCH3 is 1. The lowest BCUT2D eigenvalue weighted by Gasteiger charge is -2.15. The maximum absolute atomic E-state index is 12.2. The molecule has 23 heavy (non-hydrogen) atoms. The number of aryl methyl sites for hydroxylation is 1. The minimum atomic E-state index is -0.923. The highest BCUT2D eigenvalue weighted by molar-refractivity contribution is 5.98. The molecule has 0 saturated heterocycles. The van der Waals surface area contributed by atoms with Crippen molar-refractivity contribution in [2.45, 2.75) is 20.0 Å². The van der Waals surface area contributed by atoms with E-state index in [9.17, 15) is 9.59 Å². The molecule has 1 N–H and O–H groups in total. The van der Waals surface area contributed by atoms with Crippen LogP contribution < -0.4 is 10.1 Å². The normalized spacial score (nSPS) is 11.4. The average molecular weight is 313 g/mol. The van der Waals surface area contributed by atoms with Crippen molar-refractivity contribution in [3.05, 3.63) is 59.7 Å². The van der Waals surface area contributed by atoms with Crippen molar-refractivity contribution < 1.29 is 19.1 Å². The predicted molar refractivity (Wildman–Crippen MR) is 87.7 cm³/mol. The Morgan fingerprint density at radius 1 is 1.09 bits per heavy atom. The van der Waals surface area contributed by atoms with Crippen molar-refractivity contribution in [3.8, 4) is 5.75 Å². The molecule has 5 nitrogen and oxygen atoms in total. The van der Waals surface area contributed by atoms with E-state index in [1.54, 1.807) is 42.5 Å². The summed E-state index contributed by atoms with van der Waals surface area (Å²) in [6, 6.07) is 14.1. The molecule has 0 aliphatic heterocycles. The van der Waals surface area contributed by atoms with Crippen LogP contribution in [0.5, 0.6) is 5.75 Å². The molecule has 0 bridgehead atoms. The van der Waals surface area contributed by atoms with Crippen molar-refractivity contribution in [1.82, 2.24) is 0 Å². The van der Waals surface area contributed by atoms with Gasteiger partial charge in [-0.15, -0.1) is 0 Å². The number of amides is 1. The Hall–Kier alpha value is -2.82. The maximum atomic E-state index is 12.2. The molecule has 2 aromatic rings. The first-order valence-electron chi connectivity index (χ1n) is 7.23. The summed E-state index contributed by atoms with van der Waals surface area (Å²) in [4.78, 5) is 24.2. The van der Waals surface area contributed by atoms with Crippen LogP contribution in [0.1, 0.15) is 22.8 Å². The zero-order chi connectivity index (χ0) is 16.8. The number of carbonyl (C=O) groups is 2. The molecule has 0 aromatic heterocycles. The monoisotopic (exact) mass is 313 g/mol. The van der Waals surface area contributed by atoms with Gasteiger partial charge in [-0.05, 0) is 38.1 Å². The standard InChI is InChI=1S/C18H19NO4/c1-12-7-6-8-14(11-12)18(21)23-13(2)17(20)19-15-9-4-5-10-16(15)22-3/h4-11,13H,1-3H3,(H,19,20). The molecule has 0 saturated carbocycles. The lowest BCUT2D eigenvalue weighted by atomic mass is 10.1. The number of esters is 1. The van der Waals surface area contributed by atoms with Gasteiger partial charge in [-0.2, -0.15) is 0 Å². The van der Waals surface area contributed by atoms with E-state index in [0.29, 0.717) is 17.0 Å². The van der Waals surface area contributed by atoms with Gasteiger partial charge in [0.25, 0.3) is 5.91 Å². The van der Waals surface area contributed by atoms with Crippen molar-refractivity contribution in [2.24, 2.45) is 0 Å². The van der Waals surface area contributed by atoms with Crippen LogP contribution in [0.15, 0.2) is 48.5 Å². The maximum Gasteiger partial charge on any atom is 0.338 e. The topological polar surface area (TPSA) is 64.6 Å². The largest absolute Gasteiger partial charge is 0.495 e. The summed E-state index contributed by atoms with van der Waals surface area (Å²) in [7, 11) is 1.52. The van der Waals surface area contributed by atoms with Crippen LogP contribution in [-0.2, 0) is 9.53 Å². The van der Waals surface area contributed by atoms with Crippen LogP contribution >= 0.6 is 0 Å². The third-order valence-corrected chi connectivity index (χ3v) is 3.27. The second-order valence-corrected chi connectivity index (χ2v) is 5.11. The lowest BCUT2D eigenvalue weighted by Crippen LogP contribution is -2.30. The van der Waals surface area contributed by atoms with Crippen LogP contribution in [0.4, 0.5) is 5.69 Å². The SMILES string of the molecule is COc1ccccc1NC(=O)C(C)OC(=O)c1cccc(C)c1. The van der Waals surface area contributed by atoms with Crippen LogP contribution in [0.3, 0.4) is 0 Å². The molecule has 1 atom stereocenters. The first kappa shape index (κ1) is 16.5. The summed E-state index contributed by atoms with van der Waals surface area (Å²) < 4.78 is 10.4. The Kier molecular flexibility index (Phi) is 5.36. The third kappa shape index (κ3) is 4.32. The van der Waals surface area contributed by atoms with Crippen molar-refractivity contribution in [3.63, 3.8) is 0 Å². The van der Waals surface area contributed by atoms with Crippen molar-refractivity contribution in [1.29, 1.82) is 0 Å². The minimum absolute atomic E-state index is 0.418. The fourth-order valence-corrected chi connectivity index (χ4v) is 2.04. The van der Waals surface area contributed by atoms with Gasteiger partial charge in [-0.3, -0.25) is 4.79 Å². The summed E-state index contributed by atoms with van der Waals surface area (Å²) in [5.74, 6) is -0.412. The van der Waals surface area contributed by atoms with E-state index >= 15 is 0 Å². The number of ether oxygens (including phenoxy) is 2. The molecule has 0 aliphatic rings. The average Bonchev–Trinajstić information content (AvgIpc) is 2.55. The van der Waals surface area contributed by atoms with Gasteiger partial charge in [0.15, 0.2) is 6.10 Å². The van der Waals surface area contributed by atoms with Crippen LogP contribution in [0, 0.1) is 6.92 Å². The van der Waals surface area contributed by atoms with E-state index in [1.165, 1.54) is 14.0 Å². The molecular weight excluding hydrogens is 294 g/mol. The number of rotatable bonds is 5. The Balaban J connectivity index is 2.01. The zero-order valence-electron chi connectivity index (χ0n) is 13.3. The Labute approximate surface area is 135 Å². The highest BCUT2D eigenvalue weighted by Gasteiger charge is 2.20. The number of benzene rings is 2. The smallest absolute Gasteiger partial charge is 0.338 e. The highest BCUT2D eigenvalue weighted by Crippen LogP contribution is 2.23. The Morgan fingerprint density at radius 2 is 1.83 bits per heavy atom. The Morgan fingerprint density at radius 3 is 2.52 bits per heavy atom. The Bertz CT molecular complexity index is 712. The highest BCUT2D eigenvalue weighted by atomic mass is 16.5. The summed E-state index contributed by atoms with van der Waals surface area (Å²) in [5.41, 5.74) is 1.89. The summed E-state index contributed by atoms with van der Waals surface area (Å²) in [5, 5.41) is 2.69. The summed E-state index contributed by atoms with van der Waals surface area (Å²) in [6.45, 7) is 3.41. The molecule has 2 aromatic carbocycles. The minimum Gasteiger partial charge on any atom is -0.495 e. The number of carbonyl (C=O) groups excluding carboxylic acids is 2. The van der Waals surface area contributed by atoms with Gasteiger partial charge in [-0.25, -0.2) is 4.79 Å². The molecular formula is C18H19NO4. The van der Waals surface area contributed by atoms with Gasteiger partial charge < -0.3 is 14.8 Å². The third-order valence-electron chi connectivity index (χ3n) is 3.27. The van der Waals surface area contributed by atoms with Gasteiger partial charge >= 0.3 is 5.97 Å². The van der Waals surface area contributed by atoms with Crippen LogP contribution in [0.25, 0.3) is 0 Å². The van der Waals surface area contributed by atoms with Gasteiger partial charge in [0.2, 0.25) is 0 Å². The van der Waals surface area contributed by atoms with E-state index in [4.69, 9.17) is 9.47 Å². The number of anilines is 1. The van der Waals surface area contributed by atoms with Gasteiger partial charge in [0.1, 0.15) is 5.75 Å². The van der Waals surface area contributed by atoms with E-state index in [1.807, 2.05) is 13.0 Å². The molecule has 0 heterocycles. The van der Waals surface area contributed by atoms with Gasteiger partial charge in [-0.1, -0.05) is 29.8 Å². The number of para-hydroxylation sites is 2. The molecule has 1 unspecified atom stereocenters. The first-order chi connectivity index (χ1) is 11.0. The van der Waals surface area contributed by atoms with Crippen molar-refractivity contribution in [2.75, 3.05) is 12.4 Å². The summed E-state index contributed by atoms with van der Waals surface area (Å²) in [6.07, 6.45) is -0.923. The predicted octanol–water partition coefficient (Wildman–Crippen LogP) is 3.19. The first-order valence-corrected chi connectivity index (χ1v) is 7.23. The quantitative estimate of drug-likeness (QED) is 0.861. The molecule has 2 rings (SSSR count). The zero-order valence-corrected chi connectivity index (χ0v) is 13.3. The molecule has 5 heteroatoms. The van der Waals surface area contributed by atoms with E-state index in [-0.39, 0.29) is 0 Å². The second-order valence-electron chi connectivity index (χ2n) is 5.11. The number of hydrogen-bond acceptors (Lipinski definition) is 4. The second kappa shape index (κ2) is 7.45. The van der Waals surface area contributed by atoms with Gasteiger partial charge in [0.05, 0.1) is 18.4 Å². The molecule has 0 fully saturated rings. The molecule has 0 aliphatic carbocycles. The van der Waals surface area contributed by atoms with E-state index in [2.05, 4.69) is 5.32 Å². The molecule has 0 spiro atoms. The van der Waals surface area contributed by atoms with Crippen molar-refractivity contribution >= 4 is 17.6 Å². The van der Waals surface area contributed by atoms with E-state index in [0.717, 1.165) is 5.56 Å². The van der Waals surface area contributed by atoms with Gasteiger partial charge in [0, 0.05) is 0 Å². The van der Waals surface area contributed by atoms with Crippen LogP contribution in [-0.4, -0.2) is 25.1 Å². The lowest BCUT2D eigenvalue weighted by molar-refractivity contribution is -0.123. The number of hydrogen-bond donors (Lipinski definition) is 1. The van der Waals surface area contributed by atoms with E-state index < -0.39 is 18.0 Å². The van der Waals surface area contributed by atoms with Crippen LogP contribution in [0.2, 0.25) is 0 Å². The fraction of sp³-hybridized carbons (Fsp3) is 0.222. The molecule has 1 amide bonds.